The molecule has 0 bridgehead atoms. The fourth-order valence-electron chi connectivity index (χ4n) is 4.82. The lowest BCUT2D eigenvalue weighted by Gasteiger charge is -2.33. The molecule has 3 rings (SSSR count). The fraction of sp³-hybridized carbons (Fsp3) is 0.583. The van der Waals surface area contributed by atoms with E-state index in [0.717, 1.165) is 0 Å². The average molecular weight is 529 g/mol. The van der Waals surface area contributed by atoms with Gasteiger partial charge in [-0.15, -0.1) is 0 Å². The van der Waals surface area contributed by atoms with Gasteiger partial charge in [-0.3, -0.25) is 9.59 Å². The van der Waals surface area contributed by atoms with Crippen LogP contribution < -0.4 is 10.6 Å². The highest BCUT2D eigenvalue weighted by molar-refractivity contribution is 6.42. The summed E-state index contributed by atoms with van der Waals surface area (Å²) in [5.41, 5.74) is -2.13. The van der Waals surface area contributed by atoms with Crippen LogP contribution in [0.5, 0.6) is 0 Å². The van der Waals surface area contributed by atoms with Gasteiger partial charge in [0, 0.05) is 23.9 Å². The standard InChI is InChI=1S/C24H30Cl2N2O7/c1-6-33-20(30)17-16-15(27-19(29)12-8-9-13(25)14(26)10-12)11-24(18(16)17,21(31)34-7-2)28-22(32)35-23(3,4)5/h8-10,15-18H,6-7,11H2,1-5H3,(H,27,29)(H,28,32)/t15?,16?,17-,18?,24?/m0/s1. The summed E-state index contributed by atoms with van der Waals surface area (Å²) in [6, 6.07) is 3.82. The summed E-state index contributed by atoms with van der Waals surface area (Å²) in [7, 11) is 0. The number of benzene rings is 1. The molecule has 2 fully saturated rings. The zero-order chi connectivity index (χ0) is 26.1. The van der Waals surface area contributed by atoms with Gasteiger partial charge in [0.1, 0.15) is 11.1 Å². The number of halogens is 2. The van der Waals surface area contributed by atoms with Crippen molar-refractivity contribution < 1.29 is 33.4 Å². The van der Waals surface area contributed by atoms with Crippen LogP contribution in [0.2, 0.25) is 10.0 Å². The van der Waals surface area contributed by atoms with E-state index < -0.39 is 58.9 Å². The predicted octanol–water partition coefficient (Wildman–Crippen LogP) is 3.75. The largest absolute Gasteiger partial charge is 0.466 e. The molecule has 0 aliphatic heterocycles. The summed E-state index contributed by atoms with van der Waals surface area (Å²) in [5.74, 6) is -3.44. The second kappa shape index (κ2) is 10.2. The summed E-state index contributed by atoms with van der Waals surface area (Å²) in [4.78, 5) is 51.7. The van der Waals surface area contributed by atoms with Crippen LogP contribution in [0.3, 0.4) is 0 Å². The lowest BCUT2D eigenvalue weighted by Crippen LogP contribution is -2.59. The molecule has 1 aromatic carbocycles. The van der Waals surface area contributed by atoms with E-state index in [-0.39, 0.29) is 30.2 Å². The van der Waals surface area contributed by atoms with E-state index in [1.54, 1.807) is 34.6 Å². The number of rotatable bonds is 7. The third-order valence-electron chi connectivity index (χ3n) is 6.07. The first-order valence-electron chi connectivity index (χ1n) is 11.5. The molecule has 1 aromatic rings. The van der Waals surface area contributed by atoms with E-state index in [2.05, 4.69) is 10.6 Å². The van der Waals surface area contributed by atoms with Gasteiger partial charge in [-0.2, -0.15) is 0 Å². The highest BCUT2D eigenvalue weighted by Gasteiger charge is 2.76. The van der Waals surface area contributed by atoms with Crippen molar-refractivity contribution in [1.29, 1.82) is 0 Å². The summed E-state index contributed by atoms with van der Waals surface area (Å²) >= 11 is 12.0. The highest BCUT2D eigenvalue weighted by atomic mass is 35.5. The molecule has 0 aromatic heterocycles. The Balaban J connectivity index is 1.93. The van der Waals surface area contributed by atoms with Gasteiger partial charge in [-0.1, -0.05) is 23.2 Å². The van der Waals surface area contributed by atoms with Gasteiger partial charge in [0.05, 0.1) is 29.2 Å². The van der Waals surface area contributed by atoms with Crippen molar-refractivity contribution in [2.75, 3.05) is 13.2 Å². The molecular weight excluding hydrogens is 499 g/mol. The molecule has 2 saturated carbocycles. The van der Waals surface area contributed by atoms with Gasteiger partial charge in [-0.05, 0) is 58.7 Å². The van der Waals surface area contributed by atoms with E-state index >= 15 is 0 Å². The van der Waals surface area contributed by atoms with Crippen molar-refractivity contribution >= 4 is 47.1 Å². The first kappa shape index (κ1) is 27.1. The zero-order valence-electron chi connectivity index (χ0n) is 20.3. The Morgan fingerprint density at radius 3 is 2.29 bits per heavy atom. The van der Waals surface area contributed by atoms with Crippen molar-refractivity contribution in [3.63, 3.8) is 0 Å². The van der Waals surface area contributed by atoms with E-state index in [0.29, 0.717) is 5.02 Å². The minimum Gasteiger partial charge on any atom is -0.466 e. The molecule has 5 atom stereocenters. The Morgan fingerprint density at radius 2 is 1.71 bits per heavy atom. The van der Waals surface area contributed by atoms with Crippen molar-refractivity contribution in [2.24, 2.45) is 17.8 Å². The van der Waals surface area contributed by atoms with Gasteiger partial charge in [0.2, 0.25) is 0 Å². The minimum atomic E-state index is -1.57. The minimum absolute atomic E-state index is 0.0172. The maximum Gasteiger partial charge on any atom is 0.408 e. The second-order valence-electron chi connectivity index (χ2n) is 9.61. The Morgan fingerprint density at radius 1 is 1.06 bits per heavy atom. The van der Waals surface area contributed by atoms with Crippen LogP contribution in [-0.2, 0) is 23.8 Å². The molecule has 2 amide bonds. The van der Waals surface area contributed by atoms with Crippen molar-refractivity contribution in [1.82, 2.24) is 10.6 Å². The third kappa shape index (κ3) is 5.67. The molecule has 2 aliphatic rings. The Kier molecular flexibility index (Phi) is 7.91. The van der Waals surface area contributed by atoms with Crippen LogP contribution in [0, 0.1) is 17.8 Å². The van der Waals surface area contributed by atoms with E-state index in [9.17, 15) is 19.2 Å². The number of carbonyl (C=O) groups excluding carboxylic acids is 4. The lowest BCUT2D eigenvalue weighted by atomic mass is 9.88. The van der Waals surface area contributed by atoms with Gasteiger partial charge < -0.3 is 24.8 Å². The summed E-state index contributed by atoms with van der Waals surface area (Å²) < 4.78 is 15.9. The first-order chi connectivity index (χ1) is 16.3. The summed E-state index contributed by atoms with van der Waals surface area (Å²) in [6.45, 7) is 8.63. The predicted molar refractivity (Wildman–Crippen MR) is 128 cm³/mol. The smallest absolute Gasteiger partial charge is 0.408 e. The molecule has 35 heavy (non-hydrogen) atoms. The van der Waals surface area contributed by atoms with Crippen LogP contribution in [0.1, 0.15) is 51.4 Å². The van der Waals surface area contributed by atoms with E-state index in [4.69, 9.17) is 37.4 Å². The van der Waals surface area contributed by atoms with Crippen LogP contribution in [0.15, 0.2) is 18.2 Å². The number of hydrogen-bond acceptors (Lipinski definition) is 7. The maximum atomic E-state index is 13.2. The maximum absolute atomic E-state index is 13.2. The Hall–Kier alpha value is -2.52. The summed E-state index contributed by atoms with van der Waals surface area (Å²) in [6.07, 6.45) is -0.807. The van der Waals surface area contributed by atoms with Gasteiger partial charge >= 0.3 is 18.0 Å². The first-order valence-corrected chi connectivity index (χ1v) is 12.2. The van der Waals surface area contributed by atoms with Gasteiger partial charge in [-0.25, -0.2) is 9.59 Å². The molecule has 0 heterocycles. The number of carbonyl (C=O) groups is 4. The molecule has 0 saturated heterocycles. The monoisotopic (exact) mass is 528 g/mol. The SMILES string of the molecule is CCOC(=O)[C@H]1C2C(NC(=O)c3ccc(Cl)c(Cl)c3)CC(NC(=O)OC(C)(C)C)(C(=O)OCC)C21. The van der Waals surface area contributed by atoms with Crippen molar-refractivity contribution in [3.05, 3.63) is 33.8 Å². The molecule has 0 radical (unpaired) electrons. The normalized spacial score (nSPS) is 26.8. The number of alkyl carbamates (subject to hydrolysis) is 1. The Labute approximate surface area is 214 Å². The van der Waals surface area contributed by atoms with Crippen LogP contribution >= 0.6 is 23.2 Å². The number of hydrogen-bond donors (Lipinski definition) is 2. The topological polar surface area (TPSA) is 120 Å². The third-order valence-corrected chi connectivity index (χ3v) is 6.81. The number of nitrogens with one attached hydrogen (secondary N) is 2. The molecule has 4 unspecified atom stereocenters. The van der Waals surface area contributed by atoms with E-state index in [1.807, 2.05) is 0 Å². The number of esters is 2. The molecule has 2 N–H and O–H groups in total. The molecule has 9 nitrogen and oxygen atoms in total. The average Bonchev–Trinajstić information content (AvgIpc) is 3.42. The quantitative estimate of drug-likeness (QED) is 0.408. The van der Waals surface area contributed by atoms with Crippen LogP contribution in [0.25, 0.3) is 0 Å². The number of fused-ring (bicyclic) bond motifs is 1. The summed E-state index contributed by atoms with van der Waals surface area (Å²) in [5, 5.41) is 6.08. The lowest BCUT2D eigenvalue weighted by molar-refractivity contribution is -0.153. The van der Waals surface area contributed by atoms with Gasteiger partial charge in [0.15, 0.2) is 0 Å². The molecule has 11 heteroatoms. The zero-order valence-corrected chi connectivity index (χ0v) is 21.8. The molecular formula is C24H30Cl2N2O7. The molecule has 0 spiro atoms. The molecule has 192 valence electrons. The highest BCUT2D eigenvalue weighted by Crippen LogP contribution is 2.63. The number of ether oxygens (including phenoxy) is 3. The molecule has 2 aliphatic carbocycles. The van der Waals surface area contributed by atoms with Gasteiger partial charge in [0.25, 0.3) is 5.91 Å². The van der Waals surface area contributed by atoms with Crippen LogP contribution in [-0.4, -0.2) is 54.3 Å². The van der Waals surface area contributed by atoms with Crippen LogP contribution in [0.4, 0.5) is 4.79 Å². The number of amides is 2. The van der Waals surface area contributed by atoms with Crippen molar-refractivity contribution in [2.45, 2.75) is 58.2 Å². The van der Waals surface area contributed by atoms with E-state index in [1.165, 1.54) is 18.2 Å². The second-order valence-corrected chi connectivity index (χ2v) is 10.4. The Bertz CT molecular complexity index is 1030. The van der Waals surface area contributed by atoms with Crippen molar-refractivity contribution in [3.8, 4) is 0 Å². The fourth-order valence-corrected chi connectivity index (χ4v) is 5.12.